The Morgan fingerprint density at radius 2 is 2.33 bits per heavy atom. The maximum absolute atomic E-state index is 9.21. The van der Waals surface area contributed by atoms with Gasteiger partial charge in [0.2, 0.25) is 0 Å². The van der Waals surface area contributed by atoms with Crippen molar-refractivity contribution in [1.82, 2.24) is 0 Å². The van der Waals surface area contributed by atoms with Gasteiger partial charge in [0.25, 0.3) is 0 Å². The van der Waals surface area contributed by atoms with Crippen LogP contribution in [0.1, 0.15) is 5.76 Å². The molecular formula is C15H15NO5. The van der Waals surface area contributed by atoms with E-state index in [0.717, 1.165) is 11.1 Å². The zero-order valence-corrected chi connectivity index (χ0v) is 11.3. The summed E-state index contributed by atoms with van der Waals surface area (Å²) in [6, 6.07) is 8.98. The molecule has 1 aromatic carbocycles. The average Bonchev–Trinajstić information content (AvgIpc) is 2.92. The number of furan rings is 1. The average molecular weight is 289 g/mol. The number of para-hydroxylation sites is 1. The number of aliphatic hydroxyl groups excluding tert-OH is 1. The van der Waals surface area contributed by atoms with Crippen molar-refractivity contribution in [1.29, 1.82) is 5.26 Å². The van der Waals surface area contributed by atoms with Crippen molar-refractivity contribution in [2.24, 2.45) is 0 Å². The van der Waals surface area contributed by atoms with E-state index in [1.165, 1.54) is 6.26 Å². The fourth-order valence-electron chi connectivity index (χ4n) is 1.77. The van der Waals surface area contributed by atoms with E-state index in [1.54, 1.807) is 12.1 Å². The molecule has 0 aliphatic rings. The molecule has 0 fully saturated rings. The van der Waals surface area contributed by atoms with Gasteiger partial charge in [-0.25, -0.2) is 0 Å². The van der Waals surface area contributed by atoms with Crippen molar-refractivity contribution in [3.63, 3.8) is 0 Å². The van der Waals surface area contributed by atoms with Crippen LogP contribution in [0.15, 0.2) is 41.5 Å². The molecule has 0 bridgehead atoms. The van der Waals surface area contributed by atoms with Crippen molar-refractivity contribution in [3.05, 3.63) is 42.9 Å². The second-order valence-corrected chi connectivity index (χ2v) is 4.18. The highest BCUT2D eigenvalue weighted by Gasteiger charge is 2.11. The van der Waals surface area contributed by atoms with Crippen molar-refractivity contribution in [3.8, 4) is 11.8 Å². The van der Waals surface area contributed by atoms with E-state index >= 15 is 0 Å². The van der Waals surface area contributed by atoms with E-state index < -0.39 is 6.10 Å². The Hall–Kier alpha value is -2.49. The minimum absolute atomic E-state index is 0.109. The standard InChI is InChI=1S/C15H15NO5/c1-2-19-20-7-6-13-8-11-4-3-5-14(15(11)21-13)18-10-12(17)9-16/h2-5,8,12,17H,1,6-7,10H2. The predicted octanol–water partition coefficient (Wildman–Crippen LogP) is 2.33. The van der Waals surface area contributed by atoms with Crippen LogP contribution in [-0.4, -0.2) is 24.4 Å². The van der Waals surface area contributed by atoms with Crippen LogP contribution in [0.4, 0.5) is 0 Å². The first kappa shape index (κ1) is 14.9. The van der Waals surface area contributed by atoms with Crippen LogP contribution in [0.3, 0.4) is 0 Å². The van der Waals surface area contributed by atoms with Crippen molar-refractivity contribution in [2.75, 3.05) is 13.2 Å². The van der Waals surface area contributed by atoms with Gasteiger partial charge in [-0.2, -0.15) is 10.1 Å². The summed E-state index contributed by atoms with van der Waals surface area (Å²) >= 11 is 0. The number of nitrogens with zero attached hydrogens (tertiary/aromatic N) is 1. The summed E-state index contributed by atoms with van der Waals surface area (Å²) < 4.78 is 11.1. The highest BCUT2D eigenvalue weighted by atomic mass is 17.2. The van der Waals surface area contributed by atoms with Crippen LogP contribution in [0.2, 0.25) is 0 Å². The van der Waals surface area contributed by atoms with Crippen molar-refractivity contribution >= 4 is 11.0 Å². The van der Waals surface area contributed by atoms with Crippen molar-refractivity contribution < 1.29 is 24.0 Å². The summed E-state index contributed by atoms with van der Waals surface area (Å²) in [6.07, 6.45) is 0.563. The molecular weight excluding hydrogens is 274 g/mol. The molecule has 21 heavy (non-hydrogen) atoms. The lowest BCUT2D eigenvalue weighted by atomic mass is 10.2. The van der Waals surface area contributed by atoms with E-state index in [2.05, 4.69) is 11.5 Å². The van der Waals surface area contributed by atoms with Crippen LogP contribution < -0.4 is 4.74 Å². The van der Waals surface area contributed by atoms with Gasteiger partial charge in [0.1, 0.15) is 25.2 Å². The third kappa shape index (κ3) is 3.99. The summed E-state index contributed by atoms with van der Waals surface area (Å²) in [7, 11) is 0. The first-order chi connectivity index (χ1) is 10.2. The Kier molecular flexibility index (Phi) is 5.21. The molecule has 1 N–H and O–H groups in total. The predicted molar refractivity (Wildman–Crippen MR) is 74.3 cm³/mol. The van der Waals surface area contributed by atoms with E-state index in [1.807, 2.05) is 18.2 Å². The molecule has 0 spiro atoms. The van der Waals surface area contributed by atoms with E-state index in [4.69, 9.17) is 19.3 Å². The quantitative estimate of drug-likeness (QED) is 0.264. The number of hydrogen-bond donors (Lipinski definition) is 1. The first-order valence-electron chi connectivity index (χ1n) is 6.35. The number of hydrogen-bond acceptors (Lipinski definition) is 6. The smallest absolute Gasteiger partial charge is 0.176 e. The zero-order chi connectivity index (χ0) is 15.1. The van der Waals surface area contributed by atoms with Crippen molar-refractivity contribution in [2.45, 2.75) is 12.5 Å². The Balaban J connectivity index is 2.07. The third-order valence-electron chi connectivity index (χ3n) is 2.67. The molecule has 1 heterocycles. The maximum atomic E-state index is 9.21. The number of nitriles is 1. The number of fused-ring (bicyclic) bond motifs is 1. The normalized spacial score (nSPS) is 11.8. The van der Waals surface area contributed by atoms with Gasteiger partial charge < -0.3 is 19.1 Å². The highest BCUT2D eigenvalue weighted by molar-refractivity contribution is 5.83. The Bertz CT molecular complexity index is 643. The summed E-state index contributed by atoms with van der Waals surface area (Å²) in [4.78, 5) is 9.40. The van der Waals surface area contributed by atoms with Crippen LogP contribution in [0.25, 0.3) is 11.0 Å². The molecule has 110 valence electrons. The second-order valence-electron chi connectivity index (χ2n) is 4.18. The molecule has 0 saturated carbocycles. The van der Waals surface area contributed by atoms with Crippen LogP contribution in [-0.2, 0) is 16.2 Å². The Labute approximate surface area is 121 Å². The van der Waals surface area contributed by atoms with Gasteiger partial charge in [-0.1, -0.05) is 18.7 Å². The van der Waals surface area contributed by atoms with Crippen LogP contribution >= 0.6 is 0 Å². The fourth-order valence-corrected chi connectivity index (χ4v) is 1.77. The molecule has 0 aliphatic carbocycles. The largest absolute Gasteiger partial charge is 0.486 e. The first-order valence-corrected chi connectivity index (χ1v) is 6.35. The molecule has 6 heteroatoms. The molecule has 1 aromatic heterocycles. The lowest BCUT2D eigenvalue weighted by molar-refractivity contribution is -0.247. The highest BCUT2D eigenvalue weighted by Crippen LogP contribution is 2.29. The minimum Gasteiger partial charge on any atom is -0.486 e. The molecule has 0 saturated heterocycles. The number of aliphatic hydroxyl groups is 1. The molecule has 2 rings (SSSR count). The third-order valence-corrected chi connectivity index (χ3v) is 2.67. The van der Waals surface area contributed by atoms with Gasteiger partial charge in [-0.15, -0.1) is 0 Å². The van der Waals surface area contributed by atoms with Gasteiger partial charge in [-0.05, 0) is 12.1 Å². The number of benzene rings is 1. The SMILES string of the molecule is C=COOCCc1cc2cccc(OCC(O)C#N)c2o1. The molecule has 0 amide bonds. The van der Waals surface area contributed by atoms with Gasteiger partial charge in [0.05, 0.1) is 6.07 Å². The molecule has 1 atom stereocenters. The molecule has 1 unspecified atom stereocenters. The second kappa shape index (κ2) is 7.33. The van der Waals surface area contributed by atoms with E-state index in [0.29, 0.717) is 24.4 Å². The van der Waals surface area contributed by atoms with Gasteiger partial charge >= 0.3 is 0 Å². The van der Waals surface area contributed by atoms with Gasteiger partial charge in [-0.3, -0.25) is 0 Å². The topological polar surface area (TPSA) is 84.9 Å². The maximum Gasteiger partial charge on any atom is 0.176 e. The van der Waals surface area contributed by atoms with E-state index in [9.17, 15) is 5.11 Å². The molecule has 0 aliphatic heterocycles. The Morgan fingerprint density at radius 3 is 3.10 bits per heavy atom. The molecule has 2 aromatic rings. The summed E-state index contributed by atoms with van der Waals surface area (Å²) in [5.41, 5.74) is 0.572. The van der Waals surface area contributed by atoms with Crippen LogP contribution in [0.5, 0.6) is 5.75 Å². The fraction of sp³-hybridized carbons (Fsp3) is 0.267. The Morgan fingerprint density at radius 1 is 1.48 bits per heavy atom. The number of rotatable bonds is 8. The zero-order valence-electron chi connectivity index (χ0n) is 11.3. The van der Waals surface area contributed by atoms with E-state index in [-0.39, 0.29) is 6.61 Å². The lowest BCUT2D eigenvalue weighted by Gasteiger charge is -2.06. The van der Waals surface area contributed by atoms with Crippen LogP contribution in [0, 0.1) is 11.3 Å². The summed E-state index contributed by atoms with van der Waals surface area (Å²) in [6.45, 7) is 3.58. The summed E-state index contributed by atoms with van der Waals surface area (Å²) in [5.74, 6) is 1.20. The molecule has 0 radical (unpaired) electrons. The van der Waals surface area contributed by atoms with Gasteiger partial charge in [0.15, 0.2) is 17.4 Å². The minimum atomic E-state index is -1.17. The van der Waals surface area contributed by atoms with Gasteiger partial charge in [0, 0.05) is 11.8 Å². The lowest BCUT2D eigenvalue weighted by Crippen LogP contribution is -2.14. The number of ether oxygens (including phenoxy) is 1. The monoisotopic (exact) mass is 289 g/mol. The summed E-state index contributed by atoms with van der Waals surface area (Å²) in [5, 5.41) is 18.6. The molecule has 6 nitrogen and oxygen atoms in total.